The van der Waals surface area contributed by atoms with Crippen LogP contribution in [0.1, 0.15) is 47.7 Å². The van der Waals surface area contributed by atoms with E-state index in [1.54, 1.807) is 35.9 Å². The van der Waals surface area contributed by atoms with Gasteiger partial charge < -0.3 is 29.9 Å². The second-order valence-electron chi connectivity index (χ2n) is 16.1. The van der Waals surface area contributed by atoms with E-state index < -0.39 is 47.5 Å². The van der Waals surface area contributed by atoms with Crippen molar-refractivity contribution in [3.05, 3.63) is 159 Å². The Morgan fingerprint density at radius 1 is 0.803 bits per heavy atom. The van der Waals surface area contributed by atoms with Gasteiger partial charge in [-0.1, -0.05) is 72.8 Å². The lowest BCUT2D eigenvalue weighted by Crippen LogP contribution is -2.39. The van der Waals surface area contributed by atoms with E-state index in [0.29, 0.717) is 34.0 Å². The van der Waals surface area contributed by atoms with Crippen LogP contribution in [0.15, 0.2) is 114 Å². The third-order valence-electron chi connectivity index (χ3n) is 11.5. The van der Waals surface area contributed by atoms with E-state index in [-0.39, 0.29) is 42.8 Å². The molecule has 1 amide bonds. The molecule has 66 heavy (non-hydrogen) atoms. The molecule has 0 bridgehead atoms. The monoisotopic (exact) mass is 914 g/mol. The Morgan fingerprint density at radius 3 is 1.97 bits per heavy atom. The number of amides is 1. The fourth-order valence-electron chi connectivity index (χ4n) is 7.62. The number of pyridine rings is 2. The summed E-state index contributed by atoms with van der Waals surface area (Å²) in [5.41, 5.74) is 4.70. The lowest BCUT2D eigenvalue weighted by atomic mass is 10.0. The van der Waals surface area contributed by atoms with Gasteiger partial charge in [0.15, 0.2) is 29.3 Å². The van der Waals surface area contributed by atoms with Crippen LogP contribution in [0, 0.1) is 11.6 Å². The number of aliphatic hydroxyl groups excluding tert-OH is 2. The van der Waals surface area contributed by atoms with Gasteiger partial charge in [-0.3, -0.25) is 14.5 Å². The number of aliphatic hydroxyl groups is 2. The number of carbonyl (C=O) groups is 3. The maximum atomic E-state index is 14.7. The summed E-state index contributed by atoms with van der Waals surface area (Å²) < 4.78 is 69.6. The summed E-state index contributed by atoms with van der Waals surface area (Å²) in [6, 6.07) is 29.8. The first-order valence-electron chi connectivity index (χ1n) is 20.9. The van der Waals surface area contributed by atoms with Crippen molar-refractivity contribution in [1.29, 1.82) is 0 Å². The number of halogens is 5. The first-order chi connectivity index (χ1) is 31.3. The molecule has 6 aromatic rings. The van der Waals surface area contributed by atoms with Crippen LogP contribution in [0.25, 0.3) is 33.4 Å². The largest absolute Gasteiger partial charge is 0.479 e. The second-order valence-corrected chi connectivity index (χ2v) is 16.1. The van der Waals surface area contributed by atoms with Gasteiger partial charge >= 0.3 is 18.1 Å². The summed E-state index contributed by atoms with van der Waals surface area (Å²) in [6.07, 6.45) is -6.34. The molecule has 4 N–H and O–H groups in total. The summed E-state index contributed by atoms with van der Waals surface area (Å²) >= 11 is 0. The minimum absolute atomic E-state index is 0.0840. The van der Waals surface area contributed by atoms with Crippen molar-refractivity contribution in [3.63, 3.8) is 0 Å². The minimum Gasteiger partial charge on any atom is -0.479 e. The lowest BCUT2D eigenvalue weighted by Gasteiger charge is -2.22. The number of nitrogens with zero attached hydrogens (tertiary/aromatic N) is 4. The molecule has 0 aliphatic carbocycles. The van der Waals surface area contributed by atoms with Gasteiger partial charge in [0.05, 0.1) is 16.6 Å². The van der Waals surface area contributed by atoms with Crippen molar-refractivity contribution in [1.82, 2.24) is 19.4 Å². The molecule has 0 radical (unpaired) electrons. The molecule has 2 aromatic heterocycles. The molecular formula is C49H47F5N4O8. The quantitative estimate of drug-likeness (QED) is 0.0811. The Kier molecular flexibility index (Phi) is 15.5. The Bertz CT molecular complexity index is 2730. The van der Waals surface area contributed by atoms with Crippen LogP contribution in [0.4, 0.5) is 22.0 Å². The van der Waals surface area contributed by atoms with Crippen molar-refractivity contribution in [2.75, 3.05) is 13.6 Å². The van der Waals surface area contributed by atoms with Crippen LogP contribution in [-0.4, -0.2) is 89.5 Å². The molecular weight excluding hydrogens is 868 g/mol. The summed E-state index contributed by atoms with van der Waals surface area (Å²) in [4.78, 5) is 55.9. The molecule has 4 aromatic carbocycles. The molecule has 1 saturated heterocycles. The number of aromatic nitrogens is 2. The molecule has 12 nitrogen and oxygen atoms in total. The zero-order chi connectivity index (χ0) is 47.9. The maximum absolute atomic E-state index is 14.7. The van der Waals surface area contributed by atoms with E-state index in [4.69, 9.17) is 25.4 Å². The molecule has 17 heteroatoms. The van der Waals surface area contributed by atoms with E-state index in [0.717, 1.165) is 48.0 Å². The first-order valence-corrected chi connectivity index (χ1v) is 20.9. The molecule has 3 atom stereocenters. The standard InChI is InChI=1S/C45H41F5N4O2.C4H6O6/c1-29-5-4-24-53(29)27-31-10-14-34(15-11-31)40-23-22-38-41(55)25-37(21-18-35-6-3-7-39(46)43(35)47)54(44(38)51-40)28-42(56)52(2)26-30-8-12-32(13-9-30)33-16-19-36(20-17-33)45(48,49)50;5-1(3(7)8)2(6)4(9)10/h3,6-17,19-20,22-23,25,29H,4-5,18,21,24,26-28H2,1-2H3;1-2,5-6H,(H,7,8)(H,9,10). The van der Waals surface area contributed by atoms with E-state index in [2.05, 4.69) is 24.0 Å². The third-order valence-corrected chi connectivity index (χ3v) is 11.5. The summed E-state index contributed by atoms with van der Waals surface area (Å²) in [6.45, 7) is 4.24. The molecule has 1 aliphatic heterocycles. The second kappa shape index (κ2) is 21.0. The highest BCUT2D eigenvalue weighted by atomic mass is 19.4. The maximum Gasteiger partial charge on any atom is 0.416 e. The fraction of sp³-hybridized carbons (Fsp3) is 0.286. The van der Waals surface area contributed by atoms with Gasteiger partial charge in [-0.05, 0) is 97.3 Å². The molecule has 0 saturated carbocycles. The van der Waals surface area contributed by atoms with Gasteiger partial charge in [0.2, 0.25) is 5.91 Å². The van der Waals surface area contributed by atoms with E-state index >= 15 is 0 Å². The Balaban J connectivity index is 0.000000645. The first kappa shape index (κ1) is 48.6. The number of carboxylic acids is 2. The van der Waals surface area contributed by atoms with E-state index in [9.17, 15) is 41.1 Å². The highest BCUT2D eigenvalue weighted by Gasteiger charge is 2.30. The SMILES string of the molecule is CC1CCCN1Cc1ccc(-c2ccc3c(=O)cc(CCc4cccc(F)c4F)n(CC(=O)N(C)Cc4ccc(-c5ccc(C(F)(F)F)cc5)cc4)c3n2)cc1.O=C(O)C(O)C(O)C(=O)O. The van der Waals surface area contributed by atoms with E-state index in [1.807, 2.05) is 24.3 Å². The van der Waals surface area contributed by atoms with Crippen molar-refractivity contribution in [2.24, 2.45) is 0 Å². The van der Waals surface area contributed by atoms with Crippen molar-refractivity contribution in [2.45, 2.75) is 76.7 Å². The minimum atomic E-state index is -4.42. The van der Waals surface area contributed by atoms with Crippen LogP contribution >= 0.6 is 0 Å². The normalized spacial score (nSPS) is 14.9. The number of aliphatic carboxylic acids is 2. The van der Waals surface area contributed by atoms with Gasteiger partial charge in [-0.15, -0.1) is 0 Å². The predicted molar refractivity (Wildman–Crippen MR) is 235 cm³/mol. The number of rotatable bonds is 14. The van der Waals surface area contributed by atoms with Gasteiger partial charge in [-0.25, -0.2) is 23.4 Å². The molecule has 3 unspecified atom stereocenters. The van der Waals surface area contributed by atoms with Crippen molar-refractivity contribution < 1.29 is 56.8 Å². The average molecular weight is 915 g/mol. The van der Waals surface area contributed by atoms with Crippen molar-refractivity contribution >= 4 is 28.9 Å². The lowest BCUT2D eigenvalue weighted by molar-refractivity contribution is -0.165. The molecule has 1 fully saturated rings. The van der Waals surface area contributed by atoms with Gasteiger partial charge in [0.25, 0.3) is 0 Å². The van der Waals surface area contributed by atoms with Gasteiger partial charge in [0.1, 0.15) is 12.2 Å². The van der Waals surface area contributed by atoms with Gasteiger partial charge in [0, 0.05) is 43.5 Å². The number of fused-ring (bicyclic) bond motifs is 1. The highest BCUT2D eigenvalue weighted by Crippen LogP contribution is 2.31. The number of benzene rings is 4. The smallest absolute Gasteiger partial charge is 0.416 e. The van der Waals surface area contributed by atoms with Gasteiger partial charge in [-0.2, -0.15) is 13.2 Å². The number of hydrogen-bond donors (Lipinski definition) is 4. The Labute approximate surface area is 375 Å². The number of carboxylic acid groups (broad SMARTS) is 2. The van der Waals surface area contributed by atoms with E-state index in [1.165, 1.54) is 53.6 Å². The van der Waals surface area contributed by atoms with Crippen LogP contribution in [-0.2, 0) is 53.0 Å². The van der Waals surface area contributed by atoms with Crippen LogP contribution in [0.5, 0.6) is 0 Å². The molecule has 0 spiro atoms. The molecule has 346 valence electrons. The van der Waals surface area contributed by atoms with Crippen LogP contribution in [0.2, 0.25) is 0 Å². The number of likely N-dealkylation sites (tertiary alicyclic amines) is 1. The predicted octanol–water partition coefficient (Wildman–Crippen LogP) is 7.33. The number of alkyl halides is 3. The zero-order valence-corrected chi connectivity index (χ0v) is 35.9. The summed E-state index contributed by atoms with van der Waals surface area (Å²) in [5.74, 6) is -5.74. The average Bonchev–Trinajstić information content (AvgIpc) is 3.70. The number of likely N-dealkylation sites (N-methyl/N-ethyl adjacent to an activating group) is 1. The Hall–Kier alpha value is -6.82. The topological polar surface area (TPSA) is 174 Å². The number of carbonyl (C=O) groups excluding carboxylic acids is 1. The van der Waals surface area contributed by atoms with Crippen molar-refractivity contribution in [3.8, 4) is 22.4 Å². The van der Waals surface area contributed by atoms with Crippen LogP contribution in [0.3, 0.4) is 0 Å². The van der Waals surface area contributed by atoms with Crippen LogP contribution < -0.4 is 5.43 Å². The Morgan fingerprint density at radius 2 is 1.39 bits per heavy atom. The summed E-state index contributed by atoms with van der Waals surface area (Å²) in [7, 11) is 1.65. The number of hydrogen-bond acceptors (Lipinski definition) is 8. The number of aryl methyl sites for hydroxylation is 2. The third kappa shape index (κ3) is 11.9. The fourth-order valence-corrected chi connectivity index (χ4v) is 7.62. The highest BCUT2D eigenvalue weighted by molar-refractivity contribution is 5.83. The molecule has 1 aliphatic rings. The zero-order valence-electron chi connectivity index (χ0n) is 35.9. The molecule has 7 rings (SSSR count). The molecule has 3 heterocycles. The summed E-state index contributed by atoms with van der Waals surface area (Å²) in [5, 5.41) is 32.8.